The molecule has 1 aliphatic rings. The second-order valence-electron chi connectivity index (χ2n) is 8.34. The summed E-state index contributed by atoms with van der Waals surface area (Å²) >= 11 is 0. The first-order valence-electron chi connectivity index (χ1n) is 11.2. The van der Waals surface area contributed by atoms with Gasteiger partial charge in [-0.2, -0.15) is 0 Å². The molecule has 178 valence electrons. The van der Waals surface area contributed by atoms with Gasteiger partial charge in [0.15, 0.2) is 5.82 Å². The van der Waals surface area contributed by atoms with Crippen LogP contribution in [0.1, 0.15) is 6.92 Å². The minimum atomic E-state index is -0.664. The van der Waals surface area contributed by atoms with Crippen LogP contribution in [0.25, 0.3) is 33.4 Å². The van der Waals surface area contributed by atoms with Crippen molar-refractivity contribution < 1.29 is 18.3 Å². The number of carbonyl (C=O) groups excluding carboxylic acids is 1. The summed E-state index contributed by atoms with van der Waals surface area (Å²) in [5, 5.41) is 0.688. The molecule has 1 saturated heterocycles. The molecule has 2 aromatic carbocycles. The highest BCUT2D eigenvalue weighted by Gasteiger charge is 2.24. The van der Waals surface area contributed by atoms with Gasteiger partial charge >= 0.3 is 0 Å². The number of fused-ring (bicyclic) bond motifs is 1. The molecule has 0 N–H and O–H groups in total. The molecule has 0 saturated carbocycles. The minimum absolute atomic E-state index is 0.0327. The van der Waals surface area contributed by atoms with Crippen LogP contribution in [0.5, 0.6) is 5.75 Å². The largest absolute Gasteiger partial charge is 0.494 e. The third-order valence-electron chi connectivity index (χ3n) is 6.11. The molecule has 1 amide bonds. The van der Waals surface area contributed by atoms with E-state index in [0.29, 0.717) is 65.6 Å². The molecule has 0 unspecified atom stereocenters. The summed E-state index contributed by atoms with van der Waals surface area (Å²) in [5.74, 6) is 0.306. The Balaban J connectivity index is 1.71. The Morgan fingerprint density at radius 2 is 1.66 bits per heavy atom. The van der Waals surface area contributed by atoms with Gasteiger partial charge in [-0.1, -0.05) is 0 Å². The number of halogens is 2. The quantitative estimate of drug-likeness (QED) is 0.438. The van der Waals surface area contributed by atoms with E-state index >= 15 is 0 Å². The molecule has 4 aromatic rings. The number of benzene rings is 2. The zero-order valence-electron chi connectivity index (χ0n) is 19.3. The fourth-order valence-corrected chi connectivity index (χ4v) is 4.33. The number of piperazine rings is 1. The number of nitrogens with zero attached hydrogens (tertiary/aromatic N) is 5. The molecule has 5 rings (SSSR count). The molecule has 0 radical (unpaired) electrons. The molecule has 2 aromatic heterocycles. The van der Waals surface area contributed by atoms with E-state index in [1.807, 2.05) is 18.2 Å². The Labute approximate surface area is 201 Å². The van der Waals surface area contributed by atoms with Gasteiger partial charge in [0.1, 0.15) is 28.7 Å². The maximum atomic E-state index is 14.0. The number of carbonyl (C=O) groups is 1. The van der Waals surface area contributed by atoms with Crippen LogP contribution in [-0.2, 0) is 4.79 Å². The first-order valence-corrected chi connectivity index (χ1v) is 11.2. The molecule has 1 fully saturated rings. The van der Waals surface area contributed by atoms with Crippen molar-refractivity contribution in [3.05, 3.63) is 66.5 Å². The lowest BCUT2D eigenvalue weighted by atomic mass is 10.0. The van der Waals surface area contributed by atoms with Gasteiger partial charge in [0, 0.05) is 62.5 Å². The summed E-state index contributed by atoms with van der Waals surface area (Å²) in [5.41, 5.74) is 2.28. The summed E-state index contributed by atoms with van der Waals surface area (Å²) < 4.78 is 33.6. The summed E-state index contributed by atoms with van der Waals surface area (Å²) in [4.78, 5) is 29.6. The average Bonchev–Trinajstić information content (AvgIpc) is 2.87. The number of rotatable bonds is 4. The van der Waals surface area contributed by atoms with E-state index in [9.17, 15) is 13.6 Å². The Hall–Kier alpha value is -4.14. The first-order chi connectivity index (χ1) is 16.9. The van der Waals surface area contributed by atoms with Crippen LogP contribution in [0.15, 0.2) is 54.9 Å². The average molecular weight is 475 g/mol. The highest BCUT2D eigenvalue weighted by Crippen LogP contribution is 2.37. The zero-order valence-corrected chi connectivity index (χ0v) is 19.3. The van der Waals surface area contributed by atoms with Crippen LogP contribution in [0.4, 0.5) is 14.6 Å². The molecule has 35 heavy (non-hydrogen) atoms. The Morgan fingerprint density at radius 3 is 2.29 bits per heavy atom. The standard InChI is InChI=1S/C26H23F2N5O2/c1-16(34)32-6-8-33(9-7-32)26-22-12-19(18-10-20(27)14-21(28)11-18)13-23(35-2)24(22)30-25(31-26)17-4-3-5-29-15-17/h3-5,10-15H,6-9H2,1-2H3. The van der Waals surface area contributed by atoms with Crippen LogP contribution < -0.4 is 9.64 Å². The molecule has 3 heterocycles. The Kier molecular flexibility index (Phi) is 5.98. The van der Waals surface area contributed by atoms with E-state index in [2.05, 4.69) is 9.88 Å². The van der Waals surface area contributed by atoms with Gasteiger partial charge in [-0.3, -0.25) is 9.78 Å². The van der Waals surface area contributed by atoms with Crippen molar-refractivity contribution in [1.29, 1.82) is 0 Å². The molecule has 7 nitrogen and oxygen atoms in total. The normalized spacial score (nSPS) is 13.8. The van der Waals surface area contributed by atoms with Crippen molar-refractivity contribution in [1.82, 2.24) is 19.9 Å². The second kappa shape index (κ2) is 9.25. The Bertz CT molecular complexity index is 1390. The molecular formula is C26H23F2N5O2. The first kappa shape index (κ1) is 22.6. The predicted molar refractivity (Wildman–Crippen MR) is 129 cm³/mol. The van der Waals surface area contributed by atoms with Crippen LogP contribution in [0.3, 0.4) is 0 Å². The lowest BCUT2D eigenvalue weighted by molar-refractivity contribution is -0.129. The maximum Gasteiger partial charge on any atom is 0.219 e. The number of pyridine rings is 1. The lowest BCUT2D eigenvalue weighted by Gasteiger charge is -2.35. The van der Waals surface area contributed by atoms with Crippen molar-refractivity contribution in [2.45, 2.75) is 6.92 Å². The number of ether oxygens (including phenoxy) is 1. The van der Waals surface area contributed by atoms with Crippen molar-refractivity contribution in [3.8, 4) is 28.3 Å². The lowest BCUT2D eigenvalue weighted by Crippen LogP contribution is -2.48. The molecule has 0 bridgehead atoms. The third-order valence-corrected chi connectivity index (χ3v) is 6.11. The fourth-order valence-electron chi connectivity index (χ4n) is 4.33. The smallest absolute Gasteiger partial charge is 0.219 e. The van der Waals surface area contributed by atoms with Gasteiger partial charge in [-0.05, 0) is 47.5 Å². The van der Waals surface area contributed by atoms with E-state index in [-0.39, 0.29) is 5.91 Å². The van der Waals surface area contributed by atoms with Crippen molar-refractivity contribution >= 4 is 22.6 Å². The van der Waals surface area contributed by atoms with Gasteiger partial charge in [0.2, 0.25) is 5.91 Å². The zero-order chi connectivity index (χ0) is 24.5. The summed E-state index contributed by atoms with van der Waals surface area (Å²) in [6, 6.07) is 10.6. The highest BCUT2D eigenvalue weighted by atomic mass is 19.1. The minimum Gasteiger partial charge on any atom is -0.494 e. The van der Waals surface area contributed by atoms with E-state index in [0.717, 1.165) is 11.6 Å². The van der Waals surface area contributed by atoms with Crippen molar-refractivity contribution in [2.75, 3.05) is 38.2 Å². The fraction of sp³-hybridized carbons (Fsp3) is 0.231. The molecule has 9 heteroatoms. The number of anilines is 1. The van der Waals surface area contributed by atoms with Gasteiger partial charge < -0.3 is 14.5 Å². The third kappa shape index (κ3) is 4.49. The molecule has 0 atom stereocenters. The number of methoxy groups -OCH3 is 1. The van der Waals surface area contributed by atoms with E-state index < -0.39 is 11.6 Å². The highest BCUT2D eigenvalue weighted by molar-refractivity contribution is 5.98. The molecule has 0 spiro atoms. The molecule has 0 aliphatic carbocycles. The van der Waals surface area contributed by atoms with Gasteiger partial charge in [0.05, 0.1) is 7.11 Å². The monoisotopic (exact) mass is 475 g/mol. The van der Waals surface area contributed by atoms with E-state index in [1.165, 1.54) is 19.2 Å². The maximum absolute atomic E-state index is 14.0. The predicted octanol–water partition coefficient (Wildman–Crippen LogP) is 4.31. The van der Waals surface area contributed by atoms with Crippen LogP contribution in [-0.4, -0.2) is 59.0 Å². The summed E-state index contributed by atoms with van der Waals surface area (Å²) in [6.45, 7) is 3.86. The Morgan fingerprint density at radius 1 is 0.943 bits per heavy atom. The second-order valence-corrected chi connectivity index (χ2v) is 8.34. The van der Waals surface area contributed by atoms with Gasteiger partial charge in [-0.25, -0.2) is 18.7 Å². The van der Waals surface area contributed by atoms with Crippen molar-refractivity contribution in [3.63, 3.8) is 0 Å². The number of hydrogen-bond donors (Lipinski definition) is 0. The van der Waals surface area contributed by atoms with E-state index in [1.54, 1.807) is 30.3 Å². The SMILES string of the molecule is COc1cc(-c2cc(F)cc(F)c2)cc2c(N3CCN(C(C)=O)CC3)nc(-c3cccnc3)nc12. The van der Waals surface area contributed by atoms with Crippen LogP contribution in [0.2, 0.25) is 0 Å². The van der Waals surface area contributed by atoms with Crippen molar-refractivity contribution in [2.24, 2.45) is 0 Å². The number of aromatic nitrogens is 3. The number of hydrogen-bond acceptors (Lipinski definition) is 6. The van der Waals surface area contributed by atoms with Gasteiger partial charge in [-0.15, -0.1) is 0 Å². The van der Waals surface area contributed by atoms with E-state index in [4.69, 9.17) is 14.7 Å². The van der Waals surface area contributed by atoms with Gasteiger partial charge in [0.25, 0.3) is 0 Å². The summed E-state index contributed by atoms with van der Waals surface area (Å²) in [7, 11) is 1.53. The van der Waals surface area contributed by atoms with Crippen LogP contribution in [0, 0.1) is 11.6 Å². The topological polar surface area (TPSA) is 71.5 Å². The number of amides is 1. The summed E-state index contributed by atoms with van der Waals surface area (Å²) in [6.07, 6.45) is 3.37. The van der Waals surface area contributed by atoms with Crippen LogP contribution >= 0.6 is 0 Å². The molecular weight excluding hydrogens is 452 g/mol. The molecule has 1 aliphatic heterocycles.